The van der Waals surface area contributed by atoms with Gasteiger partial charge in [0.05, 0.1) is 27.4 Å². The van der Waals surface area contributed by atoms with E-state index in [1.807, 2.05) is 43.3 Å². The van der Waals surface area contributed by atoms with Gasteiger partial charge in [-0.15, -0.1) is 0 Å². The Balaban J connectivity index is 1.70. The number of amides is 1. The van der Waals surface area contributed by atoms with Gasteiger partial charge in [-0.3, -0.25) is 9.69 Å². The van der Waals surface area contributed by atoms with Crippen molar-refractivity contribution in [3.63, 3.8) is 0 Å². The number of hydrogen-bond acceptors (Lipinski definition) is 5. The zero-order valence-corrected chi connectivity index (χ0v) is 21.1. The average molecular weight is 475 g/mol. The van der Waals surface area contributed by atoms with E-state index in [4.69, 9.17) is 14.2 Å². The third kappa shape index (κ3) is 5.28. The van der Waals surface area contributed by atoms with Gasteiger partial charge in [0.25, 0.3) is 5.91 Å². The maximum atomic E-state index is 13.2. The van der Waals surface area contributed by atoms with Crippen LogP contribution in [0.4, 0.5) is 0 Å². The number of nitrogens with zero attached hydrogens (tertiary/aromatic N) is 1. The highest BCUT2D eigenvalue weighted by atomic mass is 16.5. The molecule has 2 unspecified atom stereocenters. The summed E-state index contributed by atoms with van der Waals surface area (Å²) in [7, 11) is 4.99. The molecule has 0 saturated heterocycles. The minimum Gasteiger partial charge on any atom is -0.497 e. The molecule has 0 saturated carbocycles. The van der Waals surface area contributed by atoms with Crippen LogP contribution in [0.1, 0.15) is 45.6 Å². The molecule has 2 atom stereocenters. The van der Waals surface area contributed by atoms with Crippen LogP contribution in [0.2, 0.25) is 0 Å². The topological polar surface area (TPSA) is 60.0 Å². The molecular formula is C29H34N2O4. The van der Waals surface area contributed by atoms with Crippen LogP contribution < -0.4 is 19.5 Å². The molecule has 0 spiro atoms. The fraction of sp³-hybridized carbons (Fsp3) is 0.345. The normalized spacial score (nSPS) is 16.2. The minimum atomic E-state index is -0.148. The fourth-order valence-corrected chi connectivity index (χ4v) is 4.99. The van der Waals surface area contributed by atoms with E-state index in [1.165, 1.54) is 5.56 Å². The molecule has 1 amide bonds. The smallest absolute Gasteiger partial charge is 0.251 e. The molecule has 6 heteroatoms. The number of fused-ring (bicyclic) bond motifs is 1. The average Bonchev–Trinajstić information content (AvgIpc) is 2.87. The lowest BCUT2D eigenvalue weighted by Gasteiger charge is -2.41. The van der Waals surface area contributed by atoms with Crippen molar-refractivity contribution in [2.45, 2.75) is 38.9 Å². The monoisotopic (exact) mass is 474 g/mol. The molecule has 1 aliphatic heterocycles. The van der Waals surface area contributed by atoms with E-state index in [0.717, 1.165) is 47.7 Å². The summed E-state index contributed by atoms with van der Waals surface area (Å²) in [5, 5.41) is 3.27. The summed E-state index contributed by atoms with van der Waals surface area (Å²) in [6.45, 7) is 5.63. The number of carbonyl (C=O) groups excluding carboxylic acids is 1. The third-order valence-corrected chi connectivity index (χ3v) is 6.77. The molecule has 3 aromatic carbocycles. The van der Waals surface area contributed by atoms with Crippen molar-refractivity contribution in [2.75, 3.05) is 27.9 Å². The Morgan fingerprint density at radius 2 is 1.74 bits per heavy atom. The van der Waals surface area contributed by atoms with Crippen molar-refractivity contribution < 1.29 is 19.0 Å². The molecule has 4 rings (SSSR count). The predicted molar refractivity (Wildman–Crippen MR) is 138 cm³/mol. The second kappa shape index (κ2) is 10.8. The molecule has 35 heavy (non-hydrogen) atoms. The van der Waals surface area contributed by atoms with E-state index in [-0.39, 0.29) is 18.0 Å². The Morgan fingerprint density at radius 3 is 2.46 bits per heavy atom. The highest BCUT2D eigenvalue weighted by molar-refractivity contribution is 5.95. The SMILES string of the molecule is COc1cccc(CN2CCc3cc(OC)c(OC)cc3C2C(C)NC(=O)c2ccccc2C)c1. The van der Waals surface area contributed by atoms with Crippen molar-refractivity contribution in [2.24, 2.45) is 0 Å². The molecule has 0 aliphatic carbocycles. The van der Waals surface area contributed by atoms with Gasteiger partial charge in [0.2, 0.25) is 0 Å². The highest BCUT2D eigenvalue weighted by Crippen LogP contribution is 2.40. The zero-order valence-electron chi connectivity index (χ0n) is 21.1. The first-order chi connectivity index (χ1) is 16.9. The first-order valence-electron chi connectivity index (χ1n) is 11.9. The second-order valence-electron chi connectivity index (χ2n) is 9.00. The highest BCUT2D eigenvalue weighted by Gasteiger charge is 2.34. The summed E-state index contributed by atoms with van der Waals surface area (Å²) in [5.41, 5.74) is 5.18. The standard InChI is InChI=1S/C29H34N2O4/c1-19-9-6-7-12-24(19)29(32)30-20(2)28-25-17-27(35-5)26(34-4)16-22(25)13-14-31(28)18-21-10-8-11-23(15-21)33-3/h6-12,15-17,20,28H,13-14,18H2,1-5H3,(H,30,32). The number of ether oxygens (including phenoxy) is 3. The number of rotatable bonds is 8. The van der Waals surface area contributed by atoms with Crippen molar-refractivity contribution in [1.82, 2.24) is 10.2 Å². The maximum absolute atomic E-state index is 13.2. The van der Waals surface area contributed by atoms with Crippen molar-refractivity contribution in [3.05, 3.63) is 88.5 Å². The second-order valence-corrected chi connectivity index (χ2v) is 9.00. The summed E-state index contributed by atoms with van der Waals surface area (Å²) >= 11 is 0. The van der Waals surface area contributed by atoms with Crippen molar-refractivity contribution in [3.8, 4) is 17.2 Å². The first kappa shape index (κ1) is 24.6. The van der Waals surface area contributed by atoms with Crippen LogP contribution in [-0.2, 0) is 13.0 Å². The molecule has 0 fully saturated rings. The lowest BCUT2D eigenvalue weighted by Crippen LogP contribution is -2.47. The van der Waals surface area contributed by atoms with Crippen LogP contribution in [0.25, 0.3) is 0 Å². The molecule has 3 aromatic rings. The van der Waals surface area contributed by atoms with Crippen molar-refractivity contribution in [1.29, 1.82) is 0 Å². The summed E-state index contributed by atoms with van der Waals surface area (Å²) in [5.74, 6) is 2.19. The molecular weight excluding hydrogens is 440 g/mol. The number of carbonyl (C=O) groups is 1. The molecule has 6 nitrogen and oxygen atoms in total. The Morgan fingerprint density at radius 1 is 1.00 bits per heavy atom. The number of nitrogens with one attached hydrogen (secondary N) is 1. The van der Waals surface area contributed by atoms with E-state index >= 15 is 0 Å². The lowest BCUT2D eigenvalue weighted by atomic mass is 9.87. The maximum Gasteiger partial charge on any atom is 0.251 e. The Hall–Kier alpha value is -3.51. The van der Waals surface area contributed by atoms with Gasteiger partial charge in [-0.05, 0) is 72.9 Å². The quantitative estimate of drug-likeness (QED) is 0.501. The van der Waals surface area contributed by atoms with Gasteiger partial charge >= 0.3 is 0 Å². The van der Waals surface area contributed by atoms with Crippen molar-refractivity contribution >= 4 is 5.91 Å². The zero-order chi connectivity index (χ0) is 24.9. The van der Waals surface area contributed by atoms with Gasteiger partial charge in [0, 0.05) is 24.7 Å². The summed E-state index contributed by atoms with van der Waals surface area (Å²) in [6, 6.07) is 19.8. The fourth-order valence-electron chi connectivity index (χ4n) is 4.99. The first-order valence-corrected chi connectivity index (χ1v) is 11.9. The largest absolute Gasteiger partial charge is 0.497 e. The number of hydrogen-bond donors (Lipinski definition) is 1. The summed E-state index contributed by atoms with van der Waals surface area (Å²) in [6.07, 6.45) is 0.884. The van der Waals surface area contributed by atoms with E-state index in [1.54, 1.807) is 21.3 Å². The van der Waals surface area contributed by atoms with Crippen LogP contribution >= 0.6 is 0 Å². The van der Waals surface area contributed by atoms with Gasteiger partial charge in [0.1, 0.15) is 5.75 Å². The minimum absolute atomic E-state index is 0.0438. The van der Waals surface area contributed by atoms with Crippen LogP contribution in [0.3, 0.4) is 0 Å². The van der Waals surface area contributed by atoms with Gasteiger partial charge < -0.3 is 19.5 Å². The van der Waals surface area contributed by atoms with E-state index < -0.39 is 0 Å². The van der Waals surface area contributed by atoms with Crippen LogP contribution in [-0.4, -0.2) is 44.7 Å². The molecule has 0 radical (unpaired) electrons. The molecule has 0 bridgehead atoms. The van der Waals surface area contributed by atoms with Gasteiger partial charge in [0.15, 0.2) is 11.5 Å². The van der Waals surface area contributed by atoms with Gasteiger partial charge in [-0.25, -0.2) is 0 Å². The number of benzene rings is 3. The molecule has 1 aliphatic rings. The Kier molecular flexibility index (Phi) is 7.61. The van der Waals surface area contributed by atoms with E-state index in [0.29, 0.717) is 11.3 Å². The molecule has 184 valence electrons. The molecule has 1 heterocycles. The predicted octanol–water partition coefficient (Wildman–Crippen LogP) is 4.94. The lowest BCUT2D eigenvalue weighted by molar-refractivity contribution is 0.0876. The van der Waals surface area contributed by atoms with Gasteiger partial charge in [-0.2, -0.15) is 0 Å². The molecule has 1 N–H and O–H groups in total. The number of aryl methyl sites for hydroxylation is 1. The molecule has 0 aromatic heterocycles. The van der Waals surface area contributed by atoms with Crippen LogP contribution in [0.15, 0.2) is 60.7 Å². The van der Waals surface area contributed by atoms with Crippen LogP contribution in [0.5, 0.6) is 17.2 Å². The van der Waals surface area contributed by atoms with Crippen LogP contribution in [0, 0.1) is 6.92 Å². The number of methoxy groups -OCH3 is 3. The Labute approximate surface area is 207 Å². The third-order valence-electron chi connectivity index (χ3n) is 6.77. The van der Waals surface area contributed by atoms with Gasteiger partial charge in [-0.1, -0.05) is 30.3 Å². The summed E-state index contributed by atoms with van der Waals surface area (Å²) in [4.78, 5) is 15.6. The Bertz CT molecular complexity index is 1190. The van der Waals surface area contributed by atoms with E-state index in [9.17, 15) is 4.79 Å². The summed E-state index contributed by atoms with van der Waals surface area (Å²) < 4.78 is 16.6. The van der Waals surface area contributed by atoms with E-state index in [2.05, 4.69) is 41.4 Å².